The van der Waals surface area contributed by atoms with Gasteiger partial charge in [-0.05, 0) is 67.6 Å². The molecule has 0 aliphatic rings. The fraction of sp³-hybridized carbons (Fsp3) is 0.333. The number of hydrogen-bond acceptors (Lipinski definition) is 3. The smallest absolute Gasteiger partial charge is 0.305 e. The van der Waals surface area contributed by atoms with Crippen molar-refractivity contribution in [3.8, 4) is 0 Å². The zero-order valence-electron chi connectivity index (χ0n) is 15.1. The van der Waals surface area contributed by atoms with Crippen LogP contribution in [0.3, 0.4) is 0 Å². The topological polar surface area (TPSA) is 55.4 Å². The third-order valence-electron chi connectivity index (χ3n) is 4.05. The monoisotopic (exact) mass is 373 g/mol. The number of ether oxygens (including phenoxy) is 1. The number of carbonyl (C=O) groups excluding carboxylic acids is 2. The zero-order chi connectivity index (χ0) is 18.9. The van der Waals surface area contributed by atoms with Gasteiger partial charge in [-0.15, -0.1) is 0 Å². The van der Waals surface area contributed by atoms with Crippen molar-refractivity contribution in [2.24, 2.45) is 5.92 Å². The minimum absolute atomic E-state index is 0.139. The van der Waals surface area contributed by atoms with Crippen LogP contribution < -0.4 is 5.32 Å². The van der Waals surface area contributed by atoms with Crippen LogP contribution in [0.25, 0.3) is 0 Å². The maximum Gasteiger partial charge on any atom is 0.305 e. The second-order valence-electron chi connectivity index (χ2n) is 6.31. The van der Waals surface area contributed by atoms with Crippen LogP contribution >= 0.6 is 11.6 Å². The molecule has 0 aromatic heterocycles. The Morgan fingerprint density at radius 3 is 2.35 bits per heavy atom. The predicted octanol–water partition coefficient (Wildman–Crippen LogP) is 5.11. The second-order valence-corrected chi connectivity index (χ2v) is 6.75. The van der Waals surface area contributed by atoms with Gasteiger partial charge in [-0.1, -0.05) is 30.7 Å². The molecule has 1 unspecified atom stereocenters. The number of benzene rings is 2. The van der Waals surface area contributed by atoms with Gasteiger partial charge in [0.2, 0.25) is 0 Å². The molecule has 0 aliphatic carbocycles. The quantitative estimate of drug-likeness (QED) is 0.654. The van der Waals surface area contributed by atoms with E-state index in [0.29, 0.717) is 29.5 Å². The molecule has 0 radical (unpaired) electrons. The Morgan fingerprint density at radius 2 is 1.73 bits per heavy atom. The van der Waals surface area contributed by atoms with Crippen molar-refractivity contribution in [1.82, 2.24) is 0 Å². The lowest BCUT2D eigenvalue weighted by molar-refractivity contribution is -0.143. The van der Waals surface area contributed by atoms with E-state index in [0.717, 1.165) is 18.5 Å². The van der Waals surface area contributed by atoms with E-state index in [4.69, 9.17) is 16.3 Å². The summed E-state index contributed by atoms with van der Waals surface area (Å²) in [5.41, 5.74) is 2.48. The summed E-state index contributed by atoms with van der Waals surface area (Å²) in [6.07, 6.45) is 2.13. The summed E-state index contributed by atoms with van der Waals surface area (Å²) in [6, 6.07) is 14.5. The van der Waals surface area contributed by atoms with Gasteiger partial charge in [-0.3, -0.25) is 9.59 Å². The summed E-state index contributed by atoms with van der Waals surface area (Å²) in [6.45, 7) is 4.36. The van der Waals surface area contributed by atoms with E-state index in [9.17, 15) is 9.59 Å². The van der Waals surface area contributed by atoms with Gasteiger partial charge in [0.05, 0.1) is 6.61 Å². The molecule has 0 bridgehead atoms. The Morgan fingerprint density at radius 1 is 1.08 bits per heavy atom. The summed E-state index contributed by atoms with van der Waals surface area (Å²) < 4.78 is 4.95. The lowest BCUT2D eigenvalue weighted by Crippen LogP contribution is -2.11. The lowest BCUT2D eigenvalue weighted by Gasteiger charge is -2.12. The van der Waals surface area contributed by atoms with Gasteiger partial charge in [0, 0.05) is 22.7 Å². The standard InChI is InChI=1S/C21H24ClNO3/c1-3-26-20(24)13-4-15(2)14-16-5-11-19(12-6-16)23-21(25)17-7-9-18(22)10-8-17/h5-12,15H,3-4,13-14H2,1-2H3,(H,23,25). The van der Waals surface area contributed by atoms with E-state index >= 15 is 0 Å². The van der Waals surface area contributed by atoms with Gasteiger partial charge < -0.3 is 10.1 Å². The van der Waals surface area contributed by atoms with E-state index in [-0.39, 0.29) is 11.9 Å². The molecule has 2 aromatic carbocycles. The van der Waals surface area contributed by atoms with Crippen LogP contribution in [0.15, 0.2) is 48.5 Å². The highest BCUT2D eigenvalue weighted by atomic mass is 35.5. The molecule has 0 heterocycles. The summed E-state index contributed by atoms with van der Waals surface area (Å²) in [5.74, 6) is 0.0748. The molecule has 1 amide bonds. The molecule has 138 valence electrons. The molecule has 2 aromatic rings. The first-order valence-electron chi connectivity index (χ1n) is 8.79. The Kier molecular flexibility index (Phi) is 7.67. The third kappa shape index (κ3) is 6.52. The van der Waals surface area contributed by atoms with E-state index in [1.807, 2.05) is 31.2 Å². The molecular formula is C21H24ClNO3. The first-order chi connectivity index (χ1) is 12.5. The molecule has 0 spiro atoms. The molecule has 4 nitrogen and oxygen atoms in total. The highest BCUT2D eigenvalue weighted by Crippen LogP contribution is 2.18. The van der Waals surface area contributed by atoms with Gasteiger partial charge in [-0.2, -0.15) is 0 Å². The number of rotatable bonds is 8. The van der Waals surface area contributed by atoms with E-state index in [1.54, 1.807) is 24.3 Å². The molecule has 1 N–H and O–H groups in total. The normalized spacial score (nSPS) is 11.7. The number of anilines is 1. The number of halogens is 1. The number of nitrogens with one attached hydrogen (secondary N) is 1. The third-order valence-corrected chi connectivity index (χ3v) is 4.30. The van der Waals surface area contributed by atoms with E-state index < -0.39 is 0 Å². The summed E-state index contributed by atoms with van der Waals surface area (Å²) >= 11 is 5.83. The molecule has 1 atom stereocenters. The Bertz CT molecular complexity index is 726. The highest BCUT2D eigenvalue weighted by Gasteiger charge is 2.09. The van der Waals surface area contributed by atoms with Crippen LogP contribution in [0.1, 0.15) is 42.6 Å². The number of amides is 1. The minimum atomic E-state index is -0.169. The van der Waals surface area contributed by atoms with Gasteiger partial charge >= 0.3 is 5.97 Å². The van der Waals surface area contributed by atoms with Crippen LogP contribution in [0.2, 0.25) is 5.02 Å². The van der Waals surface area contributed by atoms with Crippen LogP contribution in [0, 0.1) is 5.92 Å². The summed E-state index contributed by atoms with van der Waals surface area (Å²) in [4.78, 5) is 23.6. The van der Waals surface area contributed by atoms with Crippen LogP contribution in [0.4, 0.5) is 5.69 Å². The molecule has 0 aliphatic heterocycles. The van der Waals surface area contributed by atoms with Crippen molar-refractivity contribution in [3.05, 3.63) is 64.7 Å². The SMILES string of the molecule is CCOC(=O)CCC(C)Cc1ccc(NC(=O)c2ccc(Cl)cc2)cc1. The van der Waals surface area contributed by atoms with Crippen LogP contribution in [-0.4, -0.2) is 18.5 Å². The molecule has 5 heteroatoms. The molecule has 2 rings (SSSR count). The lowest BCUT2D eigenvalue weighted by atomic mass is 9.96. The molecular weight excluding hydrogens is 350 g/mol. The predicted molar refractivity (Wildman–Crippen MR) is 105 cm³/mol. The largest absolute Gasteiger partial charge is 0.466 e. The molecule has 26 heavy (non-hydrogen) atoms. The van der Waals surface area contributed by atoms with Crippen molar-refractivity contribution < 1.29 is 14.3 Å². The van der Waals surface area contributed by atoms with Crippen molar-refractivity contribution in [1.29, 1.82) is 0 Å². The summed E-state index contributed by atoms with van der Waals surface area (Å²) in [7, 11) is 0. The van der Waals surface area contributed by atoms with Crippen LogP contribution in [-0.2, 0) is 16.0 Å². The molecule has 0 fully saturated rings. The van der Waals surface area contributed by atoms with Gasteiger partial charge in [0.15, 0.2) is 0 Å². The second kappa shape index (κ2) is 9.97. The molecule has 0 saturated heterocycles. The Balaban J connectivity index is 1.84. The Labute approximate surface area is 159 Å². The minimum Gasteiger partial charge on any atom is -0.466 e. The number of esters is 1. The van der Waals surface area contributed by atoms with Crippen molar-refractivity contribution in [2.45, 2.75) is 33.1 Å². The highest BCUT2D eigenvalue weighted by molar-refractivity contribution is 6.30. The van der Waals surface area contributed by atoms with E-state index in [2.05, 4.69) is 12.2 Å². The number of hydrogen-bond donors (Lipinski definition) is 1. The van der Waals surface area contributed by atoms with Gasteiger partial charge in [0.1, 0.15) is 0 Å². The maximum atomic E-state index is 12.2. The maximum absolute atomic E-state index is 12.2. The number of carbonyl (C=O) groups is 2. The summed E-state index contributed by atoms with van der Waals surface area (Å²) in [5, 5.41) is 3.47. The fourth-order valence-electron chi connectivity index (χ4n) is 2.63. The first kappa shape index (κ1) is 20.0. The van der Waals surface area contributed by atoms with Crippen molar-refractivity contribution >= 4 is 29.2 Å². The van der Waals surface area contributed by atoms with Gasteiger partial charge in [0.25, 0.3) is 5.91 Å². The van der Waals surface area contributed by atoms with Gasteiger partial charge in [-0.25, -0.2) is 0 Å². The van der Waals surface area contributed by atoms with Crippen molar-refractivity contribution in [3.63, 3.8) is 0 Å². The van der Waals surface area contributed by atoms with Crippen LogP contribution in [0.5, 0.6) is 0 Å². The molecule has 0 saturated carbocycles. The van der Waals surface area contributed by atoms with E-state index in [1.165, 1.54) is 5.56 Å². The fourth-order valence-corrected chi connectivity index (χ4v) is 2.76. The average molecular weight is 374 g/mol. The zero-order valence-corrected chi connectivity index (χ0v) is 15.9. The van der Waals surface area contributed by atoms with Crippen molar-refractivity contribution in [2.75, 3.05) is 11.9 Å². The Hall–Kier alpha value is -2.33. The first-order valence-corrected chi connectivity index (χ1v) is 9.17. The average Bonchev–Trinajstić information content (AvgIpc) is 2.62.